The summed E-state index contributed by atoms with van der Waals surface area (Å²) in [7, 11) is -3.64. The Bertz CT molecular complexity index is 1260. The lowest BCUT2D eigenvalue weighted by atomic mass is 9.93. The zero-order valence-corrected chi connectivity index (χ0v) is 22.2. The Morgan fingerprint density at radius 2 is 1.53 bits per heavy atom. The van der Waals surface area contributed by atoms with Gasteiger partial charge < -0.3 is 10.4 Å². The number of carbonyl (C=O) groups is 1. The number of aliphatic hydroxyl groups is 1. The predicted molar refractivity (Wildman–Crippen MR) is 145 cm³/mol. The van der Waals surface area contributed by atoms with Gasteiger partial charge in [0.05, 0.1) is 12.4 Å². The quantitative estimate of drug-likeness (QED) is 0.355. The van der Waals surface area contributed by atoms with Gasteiger partial charge in [-0.15, -0.1) is 0 Å². The van der Waals surface area contributed by atoms with Crippen LogP contribution in [0.15, 0.2) is 72.8 Å². The van der Waals surface area contributed by atoms with E-state index in [0.29, 0.717) is 24.4 Å². The summed E-state index contributed by atoms with van der Waals surface area (Å²) >= 11 is 0. The van der Waals surface area contributed by atoms with Crippen molar-refractivity contribution < 1.29 is 18.3 Å². The number of nitrogens with one attached hydrogen (secondary N) is 2. The third kappa shape index (κ3) is 8.29. The lowest BCUT2D eigenvalue weighted by molar-refractivity contribution is 0.0980. The number of hydrogen-bond acceptors (Lipinski definition) is 5. The molecule has 0 radical (unpaired) electrons. The number of benzene rings is 3. The molecule has 2 atom stereocenters. The maximum absolute atomic E-state index is 12.5. The fourth-order valence-corrected chi connectivity index (χ4v) is 4.64. The molecule has 3 N–H and O–H groups in total. The number of hydrogen-bond donors (Lipinski definition) is 3. The molecule has 7 heteroatoms. The molecule has 0 fully saturated rings. The maximum atomic E-state index is 12.5. The lowest BCUT2D eigenvalue weighted by Crippen LogP contribution is -2.32. The minimum Gasteiger partial charge on any atom is -0.387 e. The standard InChI is InChI=1S/C29H36N2O4S/c1-20(2)16-26-18-25(14-15-27(26)29(33)31-36(4,34)35)23-12-10-22(11-13-23)17-21(3)30-19-28(32)24-8-6-5-7-9-24/h5-15,18,20-21,28,30,32H,16-17,19H2,1-4H3,(H,31,33)/t21-,28-/m1/s1. The molecule has 0 aromatic heterocycles. The van der Waals surface area contributed by atoms with Crippen molar-refractivity contribution in [1.29, 1.82) is 0 Å². The Hall–Kier alpha value is -3.00. The Labute approximate surface area is 214 Å². The number of aliphatic hydroxyl groups excluding tert-OH is 1. The van der Waals surface area contributed by atoms with E-state index < -0.39 is 22.0 Å². The molecular weight excluding hydrogens is 472 g/mol. The van der Waals surface area contributed by atoms with Crippen LogP contribution in [0.4, 0.5) is 0 Å². The van der Waals surface area contributed by atoms with E-state index in [1.54, 1.807) is 6.07 Å². The van der Waals surface area contributed by atoms with Crippen LogP contribution in [0.3, 0.4) is 0 Å². The molecule has 0 saturated heterocycles. The number of rotatable bonds is 11. The summed E-state index contributed by atoms with van der Waals surface area (Å²) in [5.74, 6) is -0.296. The highest BCUT2D eigenvalue weighted by Crippen LogP contribution is 2.25. The van der Waals surface area contributed by atoms with E-state index in [-0.39, 0.29) is 6.04 Å². The lowest BCUT2D eigenvalue weighted by Gasteiger charge is -2.18. The zero-order chi connectivity index (χ0) is 26.3. The van der Waals surface area contributed by atoms with Crippen molar-refractivity contribution in [3.05, 3.63) is 95.1 Å². The number of amides is 1. The Morgan fingerprint density at radius 3 is 2.14 bits per heavy atom. The van der Waals surface area contributed by atoms with E-state index >= 15 is 0 Å². The molecule has 0 heterocycles. The monoisotopic (exact) mass is 508 g/mol. The Balaban J connectivity index is 1.68. The van der Waals surface area contributed by atoms with Gasteiger partial charge in [0.15, 0.2) is 0 Å². The van der Waals surface area contributed by atoms with Crippen LogP contribution in [0.5, 0.6) is 0 Å². The topological polar surface area (TPSA) is 95.5 Å². The van der Waals surface area contributed by atoms with Crippen molar-refractivity contribution >= 4 is 15.9 Å². The highest BCUT2D eigenvalue weighted by Gasteiger charge is 2.17. The van der Waals surface area contributed by atoms with Gasteiger partial charge in [-0.25, -0.2) is 13.1 Å². The van der Waals surface area contributed by atoms with Crippen LogP contribution in [-0.4, -0.2) is 38.3 Å². The van der Waals surface area contributed by atoms with Crippen LogP contribution in [0.1, 0.15) is 53.9 Å². The normalized spacial score (nSPS) is 13.4. The molecule has 0 aliphatic rings. The summed E-state index contributed by atoms with van der Waals surface area (Å²) in [5, 5.41) is 13.8. The van der Waals surface area contributed by atoms with Gasteiger partial charge in [0.2, 0.25) is 10.0 Å². The molecule has 0 spiro atoms. The molecular formula is C29H36N2O4S. The summed E-state index contributed by atoms with van der Waals surface area (Å²) < 4.78 is 25.1. The zero-order valence-electron chi connectivity index (χ0n) is 21.4. The maximum Gasteiger partial charge on any atom is 0.264 e. The molecule has 0 bridgehead atoms. The van der Waals surface area contributed by atoms with Crippen LogP contribution in [0.2, 0.25) is 0 Å². The van der Waals surface area contributed by atoms with E-state index in [0.717, 1.165) is 34.9 Å². The first-order valence-electron chi connectivity index (χ1n) is 12.2. The van der Waals surface area contributed by atoms with Gasteiger partial charge in [0, 0.05) is 18.2 Å². The number of sulfonamides is 1. The van der Waals surface area contributed by atoms with Gasteiger partial charge in [-0.2, -0.15) is 0 Å². The second-order valence-corrected chi connectivity index (χ2v) is 11.6. The van der Waals surface area contributed by atoms with E-state index in [1.165, 1.54) is 5.56 Å². The molecule has 0 saturated carbocycles. The minimum absolute atomic E-state index is 0.194. The largest absolute Gasteiger partial charge is 0.387 e. The smallest absolute Gasteiger partial charge is 0.264 e. The van der Waals surface area contributed by atoms with Crippen molar-refractivity contribution in [3.63, 3.8) is 0 Å². The molecule has 0 aliphatic heterocycles. The fraction of sp³-hybridized carbons (Fsp3) is 0.345. The summed E-state index contributed by atoms with van der Waals surface area (Å²) in [6.45, 7) is 6.72. The van der Waals surface area contributed by atoms with Crippen LogP contribution in [0.25, 0.3) is 11.1 Å². The van der Waals surface area contributed by atoms with E-state index in [4.69, 9.17) is 0 Å². The average Bonchev–Trinajstić information content (AvgIpc) is 2.82. The summed E-state index contributed by atoms with van der Waals surface area (Å²) in [6.07, 6.45) is 1.92. The van der Waals surface area contributed by atoms with Crippen LogP contribution < -0.4 is 10.0 Å². The van der Waals surface area contributed by atoms with Gasteiger partial charge in [0.1, 0.15) is 0 Å². The summed E-state index contributed by atoms with van der Waals surface area (Å²) in [6, 6.07) is 23.7. The van der Waals surface area contributed by atoms with Gasteiger partial charge in [-0.05, 0) is 59.6 Å². The second kappa shape index (κ2) is 12.3. The van der Waals surface area contributed by atoms with Gasteiger partial charge in [0.25, 0.3) is 5.91 Å². The predicted octanol–water partition coefficient (Wildman–Crippen LogP) is 4.50. The molecule has 192 valence electrons. The first-order valence-corrected chi connectivity index (χ1v) is 14.1. The molecule has 0 unspecified atom stereocenters. The SMILES string of the molecule is CC(C)Cc1cc(-c2ccc(C[C@@H](C)NC[C@@H](O)c3ccccc3)cc2)ccc1C(=O)NS(C)(=O)=O. The fourth-order valence-electron chi connectivity index (χ4n) is 4.19. The number of carbonyl (C=O) groups excluding carboxylic acids is 1. The van der Waals surface area contributed by atoms with Crippen molar-refractivity contribution in [2.75, 3.05) is 12.8 Å². The first-order chi connectivity index (χ1) is 17.0. The highest BCUT2D eigenvalue weighted by atomic mass is 32.2. The average molecular weight is 509 g/mol. The minimum atomic E-state index is -3.64. The van der Waals surface area contributed by atoms with Crippen molar-refractivity contribution in [2.24, 2.45) is 5.92 Å². The third-order valence-corrected chi connectivity index (χ3v) is 6.49. The van der Waals surface area contributed by atoms with E-state index in [1.807, 2.05) is 42.5 Å². The highest BCUT2D eigenvalue weighted by molar-refractivity contribution is 7.89. The summed E-state index contributed by atoms with van der Waals surface area (Å²) in [5.41, 5.74) is 5.29. The second-order valence-electron chi connectivity index (χ2n) is 9.81. The molecule has 36 heavy (non-hydrogen) atoms. The molecule has 1 amide bonds. The van der Waals surface area contributed by atoms with Gasteiger partial charge in [-0.3, -0.25) is 4.79 Å². The van der Waals surface area contributed by atoms with Gasteiger partial charge in [-0.1, -0.05) is 80.6 Å². The molecule has 6 nitrogen and oxygen atoms in total. The van der Waals surface area contributed by atoms with Crippen molar-refractivity contribution in [3.8, 4) is 11.1 Å². The van der Waals surface area contributed by atoms with Crippen LogP contribution in [0, 0.1) is 5.92 Å². The van der Waals surface area contributed by atoms with Crippen LogP contribution >= 0.6 is 0 Å². The van der Waals surface area contributed by atoms with E-state index in [2.05, 4.69) is 55.1 Å². The molecule has 3 rings (SSSR count). The summed E-state index contributed by atoms with van der Waals surface area (Å²) in [4.78, 5) is 12.5. The third-order valence-electron chi connectivity index (χ3n) is 5.93. The molecule has 3 aromatic rings. The molecule has 3 aromatic carbocycles. The Morgan fingerprint density at radius 1 is 0.889 bits per heavy atom. The van der Waals surface area contributed by atoms with Crippen LogP contribution in [-0.2, 0) is 22.9 Å². The van der Waals surface area contributed by atoms with Crippen molar-refractivity contribution in [1.82, 2.24) is 10.0 Å². The van der Waals surface area contributed by atoms with Gasteiger partial charge >= 0.3 is 0 Å². The van der Waals surface area contributed by atoms with Crippen molar-refractivity contribution in [2.45, 2.75) is 45.8 Å². The Kier molecular flexibility index (Phi) is 9.43. The van der Waals surface area contributed by atoms with E-state index in [9.17, 15) is 18.3 Å². The molecule has 0 aliphatic carbocycles. The first kappa shape index (κ1) is 27.6.